The van der Waals surface area contributed by atoms with Crippen LogP contribution in [0.5, 0.6) is 0 Å². The monoisotopic (exact) mass is 207 g/mol. The van der Waals surface area contributed by atoms with Crippen molar-refractivity contribution in [2.75, 3.05) is 7.11 Å². The lowest BCUT2D eigenvalue weighted by Gasteiger charge is -1.97. The van der Waals surface area contributed by atoms with E-state index in [1.54, 1.807) is 12.1 Å². The van der Waals surface area contributed by atoms with E-state index in [1.807, 2.05) is 0 Å². The summed E-state index contributed by atoms with van der Waals surface area (Å²) in [6, 6.07) is 4.76. The number of rotatable bonds is 3. The average molecular weight is 207 g/mol. The van der Waals surface area contributed by atoms with Crippen molar-refractivity contribution in [1.29, 1.82) is 0 Å². The minimum atomic E-state index is -0.959. The second kappa shape index (κ2) is 4.90. The Balaban J connectivity index is 2.84. The van der Waals surface area contributed by atoms with Crippen LogP contribution in [-0.4, -0.2) is 29.0 Å². The molecule has 1 heterocycles. The van der Waals surface area contributed by atoms with E-state index < -0.39 is 17.5 Å². The van der Waals surface area contributed by atoms with Crippen LogP contribution < -0.4 is 0 Å². The smallest absolute Gasteiger partial charge is 0.373 e. The molecule has 1 rings (SSSR count). The lowest BCUT2D eigenvalue weighted by molar-refractivity contribution is -0.139. The van der Waals surface area contributed by atoms with Crippen molar-refractivity contribution in [3.05, 3.63) is 41.9 Å². The maximum absolute atomic E-state index is 11.4. The first-order valence-corrected chi connectivity index (χ1v) is 4.09. The number of aliphatic hydroxyl groups excluding tert-OH is 1. The molecule has 0 unspecified atom stereocenters. The third-order valence-corrected chi connectivity index (χ3v) is 1.58. The van der Waals surface area contributed by atoms with Crippen LogP contribution in [0.25, 0.3) is 0 Å². The molecule has 0 aliphatic heterocycles. The van der Waals surface area contributed by atoms with Gasteiger partial charge in [-0.2, -0.15) is 0 Å². The van der Waals surface area contributed by atoms with Crippen molar-refractivity contribution in [2.45, 2.75) is 0 Å². The predicted octanol–water partition coefficient (Wildman–Crippen LogP) is 0.879. The Labute approximate surface area is 86.0 Å². The fourth-order valence-electron chi connectivity index (χ4n) is 0.870. The molecule has 1 N–H and O–H groups in total. The SMILES string of the molecule is COC(=O)C(O)=CC(=O)c1ccccn1. The number of ketones is 1. The zero-order chi connectivity index (χ0) is 11.3. The molecule has 15 heavy (non-hydrogen) atoms. The lowest BCUT2D eigenvalue weighted by atomic mass is 10.2. The molecule has 0 saturated heterocycles. The van der Waals surface area contributed by atoms with Gasteiger partial charge in [-0.25, -0.2) is 4.79 Å². The van der Waals surface area contributed by atoms with Crippen LogP contribution in [0, 0.1) is 0 Å². The predicted molar refractivity (Wildman–Crippen MR) is 51.3 cm³/mol. The molecule has 1 aromatic rings. The van der Waals surface area contributed by atoms with Gasteiger partial charge >= 0.3 is 5.97 Å². The number of aromatic nitrogens is 1. The maximum Gasteiger partial charge on any atom is 0.373 e. The van der Waals surface area contributed by atoms with Gasteiger partial charge in [-0.3, -0.25) is 9.78 Å². The molecular formula is C10H9NO4. The zero-order valence-electron chi connectivity index (χ0n) is 8.01. The minimum Gasteiger partial charge on any atom is -0.502 e. The molecule has 5 heteroatoms. The molecule has 0 atom stereocenters. The van der Waals surface area contributed by atoms with E-state index in [1.165, 1.54) is 12.3 Å². The van der Waals surface area contributed by atoms with Gasteiger partial charge in [0.15, 0.2) is 0 Å². The topological polar surface area (TPSA) is 76.5 Å². The number of pyridine rings is 1. The van der Waals surface area contributed by atoms with Crippen molar-refractivity contribution < 1.29 is 19.4 Å². The molecule has 0 aliphatic rings. The normalized spacial score (nSPS) is 10.9. The molecular weight excluding hydrogens is 198 g/mol. The first kappa shape index (κ1) is 10.9. The highest BCUT2D eigenvalue weighted by Gasteiger charge is 2.11. The Bertz CT molecular complexity index is 397. The Morgan fingerprint density at radius 2 is 2.20 bits per heavy atom. The first-order chi connectivity index (χ1) is 7.15. The Morgan fingerprint density at radius 1 is 1.47 bits per heavy atom. The van der Waals surface area contributed by atoms with Gasteiger partial charge in [-0.05, 0) is 12.1 Å². The summed E-state index contributed by atoms with van der Waals surface area (Å²) in [5, 5.41) is 9.09. The van der Waals surface area contributed by atoms with Crippen molar-refractivity contribution in [3.63, 3.8) is 0 Å². The van der Waals surface area contributed by atoms with Crippen LogP contribution in [0.4, 0.5) is 0 Å². The largest absolute Gasteiger partial charge is 0.502 e. The van der Waals surface area contributed by atoms with Gasteiger partial charge in [0.1, 0.15) is 5.69 Å². The Kier molecular flexibility index (Phi) is 3.56. The van der Waals surface area contributed by atoms with Crippen molar-refractivity contribution in [3.8, 4) is 0 Å². The van der Waals surface area contributed by atoms with Gasteiger partial charge < -0.3 is 9.84 Å². The number of esters is 1. The molecule has 0 fully saturated rings. The molecule has 0 aromatic carbocycles. The number of hydrogen-bond acceptors (Lipinski definition) is 5. The summed E-state index contributed by atoms with van der Waals surface area (Å²) in [6.45, 7) is 0. The summed E-state index contributed by atoms with van der Waals surface area (Å²) in [7, 11) is 1.11. The third kappa shape index (κ3) is 2.91. The van der Waals surface area contributed by atoms with Gasteiger partial charge in [0.25, 0.3) is 0 Å². The van der Waals surface area contributed by atoms with Crippen LogP contribution >= 0.6 is 0 Å². The highest BCUT2D eigenvalue weighted by molar-refractivity contribution is 6.06. The summed E-state index contributed by atoms with van der Waals surface area (Å²) < 4.78 is 4.22. The van der Waals surface area contributed by atoms with E-state index in [0.29, 0.717) is 0 Å². The molecule has 0 saturated carbocycles. The second-order valence-corrected chi connectivity index (χ2v) is 2.60. The number of allylic oxidation sites excluding steroid dienone is 1. The molecule has 1 aromatic heterocycles. The second-order valence-electron chi connectivity index (χ2n) is 2.60. The number of methoxy groups -OCH3 is 1. The summed E-state index contributed by atoms with van der Waals surface area (Å²) >= 11 is 0. The molecule has 5 nitrogen and oxygen atoms in total. The van der Waals surface area contributed by atoms with Crippen LogP contribution in [0.2, 0.25) is 0 Å². The van der Waals surface area contributed by atoms with E-state index in [9.17, 15) is 9.59 Å². The van der Waals surface area contributed by atoms with E-state index in [2.05, 4.69) is 9.72 Å². The van der Waals surface area contributed by atoms with E-state index in [0.717, 1.165) is 13.2 Å². The van der Waals surface area contributed by atoms with Crippen molar-refractivity contribution in [2.24, 2.45) is 0 Å². The number of aliphatic hydroxyl groups is 1. The standard InChI is InChI=1S/C10H9NO4/c1-15-10(14)9(13)6-8(12)7-4-2-3-5-11-7/h2-6,13H,1H3. The van der Waals surface area contributed by atoms with Gasteiger partial charge in [-0.15, -0.1) is 0 Å². The first-order valence-electron chi connectivity index (χ1n) is 4.09. The van der Waals surface area contributed by atoms with Gasteiger partial charge in [-0.1, -0.05) is 6.07 Å². The zero-order valence-corrected chi connectivity index (χ0v) is 8.01. The average Bonchev–Trinajstić information content (AvgIpc) is 2.29. The van der Waals surface area contributed by atoms with Gasteiger partial charge in [0.2, 0.25) is 11.5 Å². The van der Waals surface area contributed by atoms with Crippen LogP contribution in [0.15, 0.2) is 36.2 Å². The highest BCUT2D eigenvalue weighted by Crippen LogP contribution is 2.00. The third-order valence-electron chi connectivity index (χ3n) is 1.58. The fraction of sp³-hybridized carbons (Fsp3) is 0.100. The minimum absolute atomic E-state index is 0.146. The molecule has 78 valence electrons. The Hall–Kier alpha value is -2.17. The van der Waals surface area contributed by atoms with E-state index >= 15 is 0 Å². The number of ether oxygens (including phenoxy) is 1. The summed E-state index contributed by atoms with van der Waals surface area (Å²) in [5.41, 5.74) is 0.146. The van der Waals surface area contributed by atoms with Crippen LogP contribution in [0.3, 0.4) is 0 Å². The van der Waals surface area contributed by atoms with Gasteiger partial charge in [0, 0.05) is 12.3 Å². The van der Waals surface area contributed by atoms with Crippen molar-refractivity contribution >= 4 is 11.8 Å². The lowest BCUT2D eigenvalue weighted by Crippen LogP contribution is -2.07. The highest BCUT2D eigenvalue weighted by atomic mass is 16.5. The summed E-state index contributed by atoms with van der Waals surface area (Å²) in [6.07, 6.45) is 2.21. The quantitative estimate of drug-likeness (QED) is 0.344. The molecule has 0 aliphatic carbocycles. The van der Waals surface area contributed by atoms with Crippen LogP contribution in [0.1, 0.15) is 10.5 Å². The fourth-order valence-corrected chi connectivity index (χ4v) is 0.870. The molecule has 0 spiro atoms. The van der Waals surface area contributed by atoms with Gasteiger partial charge in [0.05, 0.1) is 7.11 Å². The maximum atomic E-state index is 11.4. The van der Waals surface area contributed by atoms with E-state index in [4.69, 9.17) is 5.11 Å². The summed E-state index contributed by atoms with van der Waals surface area (Å²) in [4.78, 5) is 25.9. The Morgan fingerprint density at radius 3 is 2.73 bits per heavy atom. The number of nitrogens with zero attached hydrogens (tertiary/aromatic N) is 1. The number of carbonyl (C=O) groups is 2. The number of hydrogen-bond donors (Lipinski definition) is 1. The van der Waals surface area contributed by atoms with Crippen molar-refractivity contribution in [1.82, 2.24) is 4.98 Å². The molecule has 0 radical (unpaired) electrons. The molecule has 0 amide bonds. The van der Waals surface area contributed by atoms with E-state index in [-0.39, 0.29) is 5.69 Å². The summed E-state index contributed by atoms with van der Waals surface area (Å²) in [5.74, 6) is -2.26. The number of carbonyl (C=O) groups excluding carboxylic acids is 2. The van der Waals surface area contributed by atoms with Crippen LogP contribution in [-0.2, 0) is 9.53 Å². The molecule has 0 bridgehead atoms.